The summed E-state index contributed by atoms with van der Waals surface area (Å²) < 4.78 is 3.87. The van der Waals surface area contributed by atoms with Crippen molar-refractivity contribution in [1.82, 2.24) is 29.4 Å². The quantitative estimate of drug-likeness (QED) is 0.820. The summed E-state index contributed by atoms with van der Waals surface area (Å²) >= 11 is 0. The molecular formula is C14H21N7O. The third kappa shape index (κ3) is 3.16. The van der Waals surface area contributed by atoms with Gasteiger partial charge in [0.2, 0.25) is 5.91 Å². The zero-order chi connectivity index (χ0) is 15.5. The molecule has 2 aromatic rings. The zero-order valence-electron chi connectivity index (χ0n) is 12.7. The molecule has 1 unspecified atom stereocenters. The van der Waals surface area contributed by atoms with Gasteiger partial charge < -0.3 is 10.3 Å². The highest BCUT2D eigenvalue weighted by Gasteiger charge is 2.26. The number of likely N-dealkylation sites (tertiary alicyclic amines) is 1. The Kier molecular flexibility index (Phi) is 4.19. The van der Waals surface area contributed by atoms with Crippen LogP contribution in [-0.4, -0.2) is 55.0 Å². The number of hydrogen-bond donors (Lipinski definition) is 1. The highest BCUT2D eigenvalue weighted by Crippen LogP contribution is 2.25. The van der Waals surface area contributed by atoms with Crippen LogP contribution in [0.1, 0.15) is 30.4 Å². The second-order valence-corrected chi connectivity index (χ2v) is 5.78. The van der Waals surface area contributed by atoms with Crippen molar-refractivity contribution in [2.24, 2.45) is 12.8 Å². The average molecular weight is 303 g/mol. The summed E-state index contributed by atoms with van der Waals surface area (Å²) in [5.74, 6) is 1.86. The summed E-state index contributed by atoms with van der Waals surface area (Å²) in [7, 11) is 1.99. The van der Waals surface area contributed by atoms with E-state index in [2.05, 4.69) is 20.2 Å². The van der Waals surface area contributed by atoms with Gasteiger partial charge in [0.25, 0.3) is 0 Å². The van der Waals surface area contributed by atoms with E-state index in [1.807, 2.05) is 28.6 Å². The van der Waals surface area contributed by atoms with E-state index >= 15 is 0 Å². The number of primary amides is 1. The summed E-state index contributed by atoms with van der Waals surface area (Å²) in [5, 5.41) is 12.9. The Hall–Kier alpha value is -2.22. The summed E-state index contributed by atoms with van der Waals surface area (Å²) in [6.45, 7) is 2.64. The number of hydrogen-bond acceptors (Lipinski definition) is 5. The predicted molar refractivity (Wildman–Crippen MR) is 79.9 cm³/mol. The van der Waals surface area contributed by atoms with Crippen LogP contribution in [0.4, 0.5) is 0 Å². The Bertz CT molecular complexity index is 634. The van der Waals surface area contributed by atoms with Crippen molar-refractivity contribution >= 4 is 5.91 Å². The molecule has 8 heteroatoms. The zero-order valence-corrected chi connectivity index (χ0v) is 12.7. The molecule has 0 bridgehead atoms. The molecule has 118 valence electrons. The van der Waals surface area contributed by atoms with Gasteiger partial charge in [0.05, 0.1) is 6.54 Å². The van der Waals surface area contributed by atoms with Crippen LogP contribution in [0.3, 0.4) is 0 Å². The lowest BCUT2D eigenvalue weighted by Crippen LogP contribution is -2.40. The fourth-order valence-corrected chi connectivity index (χ4v) is 3.04. The number of carbonyl (C=O) groups excluding carboxylic acids is 1. The highest BCUT2D eigenvalue weighted by molar-refractivity contribution is 5.75. The van der Waals surface area contributed by atoms with Crippen molar-refractivity contribution in [3.05, 3.63) is 30.1 Å². The monoisotopic (exact) mass is 303 g/mol. The third-order valence-corrected chi connectivity index (χ3v) is 4.11. The molecular weight excluding hydrogens is 282 g/mol. The van der Waals surface area contributed by atoms with E-state index in [-0.39, 0.29) is 11.8 Å². The molecule has 1 aliphatic heterocycles. The molecule has 22 heavy (non-hydrogen) atoms. The minimum atomic E-state index is -0.280. The summed E-state index contributed by atoms with van der Waals surface area (Å²) in [6, 6.07) is 1.89. The first-order chi connectivity index (χ1) is 10.6. The smallest absolute Gasteiger partial charge is 0.231 e. The van der Waals surface area contributed by atoms with Crippen LogP contribution in [0.5, 0.6) is 0 Å². The largest absolute Gasteiger partial charge is 0.369 e. The minimum absolute atomic E-state index is 0.280. The molecule has 0 saturated carbocycles. The van der Waals surface area contributed by atoms with Gasteiger partial charge in [0, 0.05) is 31.9 Å². The fraction of sp³-hybridized carbons (Fsp3) is 0.571. The van der Waals surface area contributed by atoms with Gasteiger partial charge in [0.15, 0.2) is 5.82 Å². The van der Waals surface area contributed by atoms with Gasteiger partial charge >= 0.3 is 0 Å². The molecule has 0 aromatic carbocycles. The Morgan fingerprint density at radius 2 is 2.32 bits per heavy atom. The van der Waals surface area contributed by atoms with E-state index in [0.717, 1.165) is 37.6 Å². The van der Waals surface area contributed by atoms with E-state index < -0.39 is 0 Å². The molecule has 0 spiro atoms. The molecule has 8 nitrogen and oxygen atoms in total. The number of amides is 1. The Balaban J connectivity index is 1.71. The van der Waals surface area contributed by atoms with Gasteiger partial charge in [-0.25, -0.2) is 0 Å². The fourth-order valence-electron chi connectivity index (χ4n) is 3.04. The molecule has 3 heterocycles. The SMILES string of the molecule is Cn1c(Cn2cccn2)nnc1C1CCCN(CC(N)=O)C1. The average Bonchev–Trinajstić information content (AvgIpc) is 3.10. The van der Waals surface area contributed by atoms with Gasteiger partial charge in [-0.1, -0.05) is 0 Å². The van der Waals surface area contributed by atoms with Gasteiger partial charge in [-0.15, -0.1) is 10.2 Å². The maximum atomic E-state index is 11.1. The van der Waals surface area contributed by atoms with E-state index in [9.17, 15) is 4.79 Å². The Morgan fingerprint density at radius 3 is 3.05 bits per heavy atom. The second-order valence-electron chi connectivity index (χ2n) is 5.78. The first-order valence-electron chi connectivity index (χ1n) is 7.49. The third-order valence-electron chi connectivity index (χ3n) is 4.11. The van der Waals surface area contributed by atoms with E-state index in [1.165, 1.54) is 0 Å². The summed E-state index contributed by atoms with van der Waals surface area (Å²) in [5.41, 5.74) is 5.29. The molecule has 2 N–H and O–H groups in total. The normalized spacial score (nSPS) is 19.4. The van der Waals surface area contributed by atoms with Crippen LogP contribution in [-0.2, 0) is 18.4 Å². The lowest BCUT2D eigenvalue weighted by Gasteiger charge is -2.31. The molecule has 1 atom stereocenters. The van der Waals surface area contributed by atoms with Crippen molar-refractivity contribution in [2.45, 2.75) is 25.3 Å². The number of aromatic nitrogens is 5. The number of nitrogens with two attached hydrogens (primary N) is 1. The first kappa shape index (κ1) is 14.7. The summed E-state index contributed by atoms with van der Waals surface area (Å²) in [6.07, 6.45) is 5.76. The molecule has 1 fully saturated rings. The van der Waals surface area contributed by atoms with Crippen LogP contribution in [0, 0.1) is 0 Å². The Morgan fingerprint density at radius 1 is 1.45 bits per heavy atom. The van der Waals surface area contributed by atoms with Gasteiger partial charge in [-0.2, -0.15) is 5.10 Å². The van der Waals surface area contributed by atoms with Crippen molar-refractivity contribution < 1.29 is 4.79 Å². The maximum Gasteiger partial charge on any atom is 0.231 e. The van der Waals surface area contributed by atoms with Crippen LogP contribution in [0.25, 0.3) is 0 Å². The van der Waals surface area contributed by atoms with Crippen LogP contribution < -0.4 is 5.73 Å². The van der Waals surface area contributed by atoms with Crippen molar-refractivity contribution in [3.8, 4) is 0 Å². The van der Waals surface area contributed by atoms with E-state index in [1.54, 1.807) is 6.20 Å². The van der Waals surface area contributed by atoms with E-state index in [4.69, 9.17) is 5.73 Å². The lowest BCUT2D eigenvalue weighted by atomic mass is 9.97. The number of carbonyl (C=O) groups is 1. The second kappa shape index (κ2) is 6.27. The topological polar surface area (TPSA) is 94.9 Å². The van der Waals surface area contributed by atoms with Crippen molar-refractivity contribution in [1.29, 1.82) is 0 Å². The first-order valence-corrected chi connectivity index (χ1v) is 7.49. The van der Waals surface area contributed by atoms with Crippen LogP contribution in [0.15, 0.2) is 18.5 Å². The lowest BCUT2D eigenvalue weighted by molar-refractivity contribution is -0.119. The standard InChI is InChI=1S/C14H21N7O/c1-19-13(10-21-7-3-5-16-21)17-18-14(19)11-4-2-6-20(8-11)9-12(15)22/h3,5,7,11H,2,4,6,8-10H2,1H3,(H2,15,22). The van der Waals surface area contributed by atoms with Crippen LogP contribution in [0.2, 0.25) is 0 Å². The van der Waals surface area contributed by atoms with E-state index in [0.29, 0.717) is 13.1 Å². The predicted octanol–water partition coefficient (Wildman–Crippen LogP) is -0.275. The molecule has 1 saturated heterocycles. The van der Waals surface area contributed by atoms with Gasteiger partial charge in [-0.05, 0) is 25.5 Å². The molecule has 1 amide bonds. The van der Waals surface area contributed by atoms with Crippen molar-refractivity contribution in [2.75, 3.05) is 19.6 Å². The van der Waals surface area contributed by atoms with Crippen LogP contribution >= 0.6 is 0 Å². The molecule has 3 rings (SSSR count). The van der Waals surface area contributed by atoms with Gasteiger partial charge in [-0.3, -0.25) is 14.4 Å². The maximum absolute atomic E-state index is 11.1. The van der Waals surface area contributed by atoms with Crippen molar-refractivity contribution in [3.63, 3.8) is 0 Å². The molecule has 2 aromatic heterocycles. The minimum Gasteiger partial charge on any atom is -0.369 e. The molecule has 0 aliphatic carbocycles. The van der Waals surface area contributed by atoms with Gasteiger partial charge in [0.1, 0.15) is 12.4 Å². The molecule has 1 aliphatic rings. The summed E-state index contributed by atoms with van der Waals surface area (Å²) in [4.78, 5) is 13.2. The highest BCUT2D eigenvalue weighted by atomic mass is 16.1. The number of rotatable bonds is 5. The number of nitrogens with zero attached hydrogens (tertiary/aromatic N) is 6. The Labute approximate surface area is 128 Å². The number of piperidine rings is 1. The molecule has 0 radical (unpaired) electrons.